The van der Waals surface area contributed by atoms with Crippen molar-refractivity contribution in [2.75, 3.05) is 5.32 Å². The van der Waals surface area contributed by atoms with Crippen LogP contribution in [0.1, 0.15) is 21.7 Å². The fourth-order valence-corrected chi connectivity index (χ4v) is 3.07. The van der Waals surface area contributed by atoms with Crippen LogP contribution in [0, 0.1) is 6.92 Å². The first kappa shape index (κ1) is 18.0. The van der Waals surface area contributed by atoms with Crippen LogP contribution in [-0.4, -0.2) is 25.5 Å². The van der Waals surface area contributed by atoms with E-state index in [0.717, 1.165) is 11.3 Å². The molecule has 3 aromatic rings. The molecule has 0 atom stereocenters. The molecule has 9 heteroatoms. The van der Waals surface area contributed by atoms with Gasteiger partial charge >= 0.3 is 0 Å². The average molecular weight is 443 g/mol. The molecule has 3 rings (SSSR count). The van der Waals surface area contributed by atoms with E-state index in [1.165, 1.54) is 0 Å². The Morgan fingerprint density at radius 1 is 1.24 bits per heavy atom. The topological polar surface area (TPSA) is 64.7 Å². The third-order valence-corrected chi connectivity index (χ3v) is 5.16. The van der Waals surface area contributed by atoms with Crippen molar-refractivity contribution in [1.82, 2.24) is 19.6 Å². The molecule has 25 heavy (non-hydrogen) atoms. The van der Waals surface area contributed by atoms with E-state index in [1.54, 1.807) is 22.6 Å². The number of carbonyl (C=O) groups excluding carboxylic acids is 1. The Morgan fingerprint density at radius 2 is 1.92 bits per heavy atom. The molecule has 0 saturated carbocycles. The number of aryl methyl sites for hydroxylation is 1. The van der Waals surface area contributed by atoms with Gasteiger partial charge in [-0.15, -0.1) is 0 Å². The maximum absolute atomic E-state index is 12.4. The average Bonchev–Trinajstić information content (AvgIpc) is 3.04. The molecule has 1 aromatic carbocycles. The summed E-state index contributed by atoms with van der Waals surface area (Å²) in [6.07, 6.45) is 1.66. The van der Waals surface area contributed by atoms with Crippen LogP contribution in [0.3, 0.4) is 0 Å². The smallest absolute Gasteiger partial charge is 0.278 e. The number of aromatic nitrogens is 4. The van der Waals surface area contributed by atoms with E-state index < -0.39 is 0 Å². The molecular formula is C16H14BrCl2N5O. The first-order valence-corrected chi connectivity index (χ1v) is 8.88. The number of halogens is 3. The lowest BCUT2D eigenvalue weighted by Crippen LogP contribution is -2.14. The number of carbonyl (C=O) groups is 1. The van der Waals surface area contributed by atoms with Crippen molar-refractivity contribution in [2.24, 2.45) is 7.05 Å². The van der Waals surface area contributed by atoms with E-state index in [0.29, 0.717) is 21.1 Å². The molecule has 1 N–H and O–H groups in total. The van der Waals surface area contributed by atoms with Gasteiger partial charge in [0.05, 0.1) is 16.7 Å². The number of benzene rings is 1. The summed E-state index contributed by atoms with van der Waals surface area (Å²) in [5.74, 6) is -0.0925. The summed E-state index contributed by atoms with van der Waals surface area (Å²) in [5, 5.41) is 12.2. The highest BCUT2D eigenvalue weighted by Gasteiger charge is 2.20. The molecule has 0 unspecified atom stereocenters. The predicted octanol–water partition coefficient (Wildman–Crippen LogP) is 4.29. The molecule has 0 bridgehead atoms. The number of rotatable bonds is 4. The lowest BCUT2D eigenvalue weighted by atomic mass is 10.2. The molecule has 0 spiro atoms. The van der Waals surface area contributed by atoms with Crippen LogP contribution < -0.4 is 5.32 Å². The van der Waals surface area contributed by atoms with Crippen molar-refractivity contribution in [2.45, 2.75) is 13.5 Å². The molecule has 0 fully saturated rings. The number of nitrogens with one attached hydrogen (secondary N) is 1. The summed E-state index contributed by atoms with van der Waals surface area (Å²) < 4.78 is 3.92. The van der Waals surface area contributed by atoms with Gasteiger partial charge < -0.3 is 5.32 Å². The molecule has 0 aliphatic carbocycles. The van der Waals surface area contributed by atoms with Gasteiger partial charge in [-0.2, -0.15) is 10.2 Å². The first-order chi connectivity index (χ1) is 11.8. The fourth-order valence-electron chi connectivity index (χ4n) is 2.23. The molecule has 2 heterocycles. The van der Waals surface area contributed by atoms with Crippen LogP contribution >= 0.6 is 39.1 Å². The van der Waals surface area contributed by atoms with E-state index in [-0.39, 0.29) is 17.4 Å². The zero-order valence-electron chi connectivity index (χ0n) is 13.4. The van der Waals surface area contributed by atoms with E-state index in [4.69, 9.17) is 23.2 Å². The monoisotopic (exact) mass is 441 g/mol. The molecule has 6 nitrogen and oxygen atoms in total. The highest BCUT2D eigenvalue weighted by Crippen LogP contribution is 2.24. The Morgan fingerprint density at radius 3 is 2.52 bits per heavy atom. The minimum absolute atomic E-state index is 0.281. The second-order valence-electron chi connectivity index (χ2n) is 5.48. The second-order valence-corrected chi connectivity index (χ2v) is 7.11. The number of hydrogen-bond donors (Lipinski definition) is 1. The van der Waals surface area contributed by atoms with Crippen LogP contribution in [-0.2, 0) is 13.6 Å². The molecule has 0 aliphatic rings. The molecule has 0 saturated heterocycles. The zero-order chi connectivity index (χ0) is 18.1. The Bertz CT molecular complexity index is 933. The Balaban J connectivity index is 1.77. The second kappa shape index (κ2) is 7.19. The maximum atomic E-state index is 12.4. The Kier molecular flexibility index (Phi) is 5.17. The highest BCUT2D eigenvalue weighted by molar-refractivity contribution is 9.10. The van der Waals surface area contributed by atoms with Crippen molar-refractivity contribution >= 4 is 50.9 Å². The minimum atomic E-state index is -0.380. The normalized spacial score (nSPS) is 10.9. The standard InChI is InChI=1S/C16H14BrCl2N5O/c1-9-13(17)14(21-23(9)2)16(25)20-15-12(19)8-24(22-15)7-10-3-5-11(18)6-4-10/h3-6,8H,7H2,1-2H3,(H,20,22,25). The summed E-state index contributed by atoms with van der Waals surface area (Å²) in [6.45, 7) is 2.38. The van der Waals surface area contributed by atoms with Crippen LogP contribution in [0.5, 0.6) is 0 Å². The van der Waals surface area contributed by atoms with Crippen molar-refractivity contribution in [3.05, 3.63) is 61.9 Å². The molecule has 1 amide bonds. The van der Waals surface area contributed by atoms with E-state index in [2.05, 4.69) is 31.4 Å². The van der Waals surface area contributed by atoms with Gasteiger partial charge in [0.1, 0.15) is 5.02 Å². The highest BCUT2D eigenvalue weighted by atomic mass is 79.9. The van der Waals surface area contributed by atoms with Gasteiger partial charge in [0, 0.05) is 18.3 Å². The quantitative estimate of drug-likeness (QED) is 0.655. The van der Waals surface area contributed by atoms with Gasteiger partial charge in [-0.25, -0.2) is 0 Å². The number of amides is 1. The lowest BCUT2D eigenvalue weighted by molar-refractivity contribution is 0.102. The third-order valence-electron chi connectivity index (χ3n) is 3.68. The van der Waals surface area contributed by atoms with Gasteiger partial charge in [0.15, 0.2) is 11.5 Å². The number of hydrogen-bond acceptors (Lipinski definition) is 3. The van der Waals surface area contributed by atoms with Gasteiger partial charge in [0.2, 0.25) is 0 Å². The Labute approximate surface area is 162 Å². The summed E-state index contributed by atoms with van der Waals surface area (Å²) >= 11 is 15.4. The Hall–Kier alpha value is -1.83. The van der Waals surface area contributed by atoms with Gasteiger partial charge in [-0.05, 0) is 40.5 Å². The van der Waals surface area contributed by atoms with Crippen molar-refractivity contribution in [1.29, 1.82) is 0 Å². The third kappa shape index (κ3) is 3.89. The summed E-state index contributed by atoms with van der Waals surface area (Å²) in [6, 6.07) is 7.44. The van der Waals surface area contributed by atoms with Gasteiger partial charge in [-0.1, -0.05) is 35.3 Å². The SMILES string of the molecule is Cc1c(Br)c(C(=O)Nc2nn(Cc3ccc(Cl)cc3)cc2Cl)nn1C. The van der Waals surface area contributed by atoms with E-state index >= 15 is 0 Å². The molecule has 0 aliphatic heterocycles. The van der Waals surface area contributed by atoms with E-state index in [1.807, 2.05) is 31.2 Å². The van der Waals surface area contributed by atoms with Crippen molar-refractivity contribution < 1.29 is 4.79 Å². The summed E-state index contributed by atoms with van der Waals surface area (Å²) in [4.78, 5) is 12.4. The summed E-state index contributed by atoms with van der Waals surface area (Å²) in [5.41, 5.74) is 2.15. The van der Waals surface area contributed by atoms with E-state index in [9.17, 15) is 4.79 Å². The van der Waals surface area contributed by atoms with Crippen LogP contribution in [0.25, 0.3) is 0 Å². The van der Waals surface area contributed by atoms with Crippen molar-refractivity contribution in [3.63, 3.8) is 0 Å². The number of anilines is 1. The summed E-state index contributed by atoms with van der Waals surface area (Å²) in [7, 11) is 1.77. The van der Waals surface area contributed by atoms with Gasteiger partial charge in [0.25, 0.3) is 5.91 Å². The van der Waals surface area contributed by atoms with Crippen LogP contribution in [0.2, 0.25) is 10.0 Å². The van der Waals surface area contributed by atoms with Gasteiger partial charge in [-0.3, -0.25) is 14.2 Å². The first-order valence-electron chi connectivity index (χ1n) is 7.33. The fraction of sp³-hybridized carbons (Fsp3) is 0.188. The maximum Gasteiger partial charge on any atom is 0.278 e. The molecule has 130 valence electrons. The minimum Gasteiger partial charge on any atom is -0.302 e. The number of nitrogens with zero attached hydrogens (tertiary/aromatic N) is 4. The lowest BCUT2D eigenvalue weighted by Gasteiger charge is -2.02. The molecule has 0 radical (unpaired) electrons. The molecule has 2 aromatic heterocycles. The van der Waals surface area contributed by atoms with Crippen LogP contribution in [0.15, 0.2) is 34.9 Å². The molecular weight excluding hydrogens is 429 g/mol. The van der Waals surface area contributed by atoms with Crippen molar-refractivity contribution in [3.8, 4) is 0 Å². The predicted molar refractivity (Wildman–Crippen MR) is 101 cm³/mol. The zero-order valence-corrected chi connectivity index (χ0v) is 16.5. The largest absolute Gasteiger partial charge is 0.302 e. The van der Waals surface area contributed by atoms with Crippen LogP contribution in [0.4, 0.5) is 5.82 Å².